The van der Waals surface area contributed by atoms with Crippen molar-refractivity contribution in [2.75, 3.05) is 0 Å². The third-order valence-corrected chi connectivity index (χ3v) is 3.74. The first-order chi connectivity index (χ1) is 10.8. The highest BCUT2D eigenvalue weighted by atomic mass is 16.4. The van der Waals surface area contributed by atoms with Gasteiger partial charge in [0.1, 0.15) is 11.1 Å². The van der Waals surface area contributed by atoms with E-state index in [0.29, 0.717) is 0 Å². The summed E-state index contributed by atoms with van der Waals surface area (Å²) < 4.78 is 0. The number of aliphatic carboxylic acids is 1. The molecular weight excluding hydrogens is 292 g/mol. The van der Waals surface area contributed by atoms with Crippen molar-refractivity contribution in [3.05, 3.63) is 61.2 Å². The van der Waals surface area contributed by atoms with Gasteiger partial charge in [0.2, 0.25) is 5.91 Å². The van der Waals surface area contributed by atoms with Gasteiger partial charge in [0, 0.05) is 0 Å². The minimum absolute atomic E-state index is 0.101. The normalized spacial score (nSPS) is 15.7. The molecule has 0 heterocycles. The summed E-state index contributed by atoms with van der Waals surface area (Å²) in [4.78, 5) is 24.1. The highest BCUT2D eigenvalue weighted by molar-refractivity contribution is 5.92. The van der Waals surface area contributed by atoms with Gasteiger partial charge in [-0.1, -0.05) is 42.5 Å². The molecule has 0 saturated carbocycles. The fraction of sp³-hybridized carbons (Fsp3) is 0.333. The second kappa shape index (κ2) is 7.74. The van der Waals surface area contributed by atoms with Crippen LogP contribution < -0.4 is 11.1 Å². The Morgan fingerprint density at radius 1 is 1.22 bits per heavy atom. The molecule has 1 rings (SSSR count). The predicted octanol–water partition coefficient (Wildman–Crippen LogP) is 2.04. The van der Waals surface area contributed by atoms with Crippen molar-refractivity contribution >= 4 is 11.9 Å². The van der Waals surface area contributed by atoms with E-state index in [9.17, 15) is 14.7 Å². The van der Waals surface area contributed by atoms with Crippen LogP contribution in [0.25, 0.3) is 0 Å². The van der Waals surface area contributed by atoms with Crippen LogP contribution in [0.2, 0.25) is 0 Å². The molecule has 1 amide bonds. The standard InChI is InChI=1S/C18H24N2O3/c1-4-11-17(3,16(22)23)20-15(21)18(19,12-5-2)13-14-9-7-6-8-10-14/h4-10H,1-2,11-13,19H2,3H3,(H,20,21)(H,22,23)/t17-,18+/m1/s1. The summed E-state index contributed by atoms with van der Waals surface area (Å²) >= 11 is 0. The summed E-state index contributed by atoms with van der Waals surface area (Å²) in [6.07, 6.45) is 3.64. The van der Waals surface area contributed by atoms with E-state index >= 15 is 0 Å². The summed E-state index contributed by atoms with van der Waals surface area (Å²) in [6.45, 7) is 8.62. The molecule has 0 spiro atoms. The van der Waals surface area contributed by atoms with E-state index in [2.05, 4.69) is 18.5 Å². The molecule has 23 heavy (non-hydrogen) atoms. The molecule has 4 N–H and O–H groups in total. The van der Waals surface area contributed by atoms with Crippen molar-refractivity contribution < 1.29 is 14.7 Å². The zero-order valence-electron chi connectivity index (χ0n) is 13.4. The van der Waals surface area contributed by atoms with E-state index in [1.807, 2.05) is 30.3 Å². The Morgan fingerprint density at radius 3 is 2.26 bits per heavy atom. The maximum atomic E-state index is 12.7. The molecule has 0 aromatic heterocycles. The van der Waals surface area contributed by atoms with Crippen molar-refractivity contribution in [1.82, 2.24) is 5.32 Å². The van der Waals surface area contributed by atoms with Crippen molar-refractivity contribution in [2.24, 2.45) is 5.73 Å². The molecule has 0 aliphatic carbocycles. The van der Waals surface area contributed by atoms with Crippen LogP contribution >= 0.6 is 0 Å². The SMILES string of the molecule is C=CC[C@](N)(Cc1ccccc1)C(=O)N[C@](C)(CC=C)C(=O)O. The van der Waals surface area contributed by atoms with Gasteiger partial charge in [0.25, 0.3) is 0 Å². The van der Waals surface area contributed by atoms with Crippen LogP contribution in [-0.4, -0.2) is 28.1 Å². The Kier molecular flexibility index (Phi) is 6.28. The zero-order valence-corrected chi connectivity index (χ0v) is 13.4. The molecule has 2 atom stereocenters. The van der Waals surface area contributed by atoms with Crippen molar-refractivity contribution in [1.29, 1.82) is 0 Å². The molecule has 1 aromatic carbocycles. The Bertz CT molecular complexity index is 585. The van der Waals surface area contributed by atoms with Gasteiger partial charge in [0.05, 0.1) is 0 Å². The van der Waals surface area contributed by atoms with Gasteiger partial charge < -0.3 is 16.2 Å². The lowest BCUT2D eigenvalue weighted by atomic mass is 9.86. The minimum Gasteiger partial charge on any atom is -0.480 e. The number of hydrogen-bond donors (Lipinski definition) is 3. The smallest absolute Gasteiger partial charge is 0.329 e. The molecule has 0 aliphatic heterocycles. The number of hydrogen-bond acceptors (Lipinski definition) is 3. The monoisotopic (exact) mass is 316 g/mol. The Hall–Kier alpha value is -2.40. The molecule has 0 fully saturated rings. The second-order valence-corrected chi connectivity index (χ2v) is 5.90. The first kappa shape index (κ1) is 18.6. The van der Waals surface area contributed by atoms with Gasteiger partial charge in [-0.3, -0.25) is 4.79 Å². The molecule has 0 unspecified atom stereocenters. The number of rotatable bonds is 9. The molecule has 0 bridgehead atoms. The molecule has 5 heteroatoms. The third-order valence-electron chi connectivity index (χ3n) is 3.74. The summed E-state index contributed by atoms with van der Waals surface area (Å²) in [5.41, 5.74) is 4.48. The number of benzene rings is 1. The Balaban J connectivity index is 3.03. The fourth-order valence-electron chi connectivity index (χ4n) is 2.32. The predicted molar refractivity (Wildman–Crippen MR) is 90.9 cm³/mol. The fourth-order valence-corrected chi connectivity index (χ4v) is 2.32. The van der Waals surface area contributed by atoms with Gasteiger partial charge in [-0.25, -0.2) is 4.79 Å². The number of carboxylic acid groups (broad SMARTS) is 1. The first-order valence-corrected chi connectivity index (χ1v) is 7.38. The van der Waals surface area contributed by atoms with Crippen LogP contribution in [0.3, 0.4) is 0 Å². The van der Waals surface area contributed by atoms with Crippen LogP contribution in [0.4, 0.5) is 0 Å². The van der Waals surface area contributed by atoms with E-state index < -0.39 is 23.0 Å². The summed E-state index contributed by atoms with van der Waals surface area (Å²) in [7, 11) is 0. The van der Waals surface area contributed by atoms with E-state index in [-0.39, 0.29) is 19.3 Å². The number of amides is 1. The largest absolute Gasteiger partial charge is 0.480 e. The van der Waals surface area contributed by atoms with Crippen LogP contribution in [0.5, 0.6) is 0 Å². The van der Waals surface area contributed by atoms with Crippen molar-refractivity contribution in [3.8, 4) is 0 Å². The van der Waals surface area contributed by atoms with Crippen LogP contribution in [0.1, 0.15) is 25.3 Å². The minimum atomic E-state index is -1.44. The van der Waals surface area contributed by atoms with E-state index in [0.717, 1.165) is 5.56 Å². The third kappa shape index (κ3) is 4.79. The van der Waals surface area contributed by atoms with Crippen molar-refractivity contribution in [2.45, 2.75) is 37.3 Å². The Morgan fingerprint density at radius 2 is 1.78 bits per heavy atom. The lowest BCUT2D eigenvalue weighted by Gasteiger charge is -2.33. The molecule has 5 nitrogen and oxygen atoms in total. The topological polar surface area (TPSA) is 92.4 Å². The average Bonchev–Trinajstić information content (AvgIpc) is 2.48. The number of carbonyl (C=O) groups excluding carboxylic acids is 1. The molecule has 0 aliphatic rings. The number of carboxylic acids is 1. The lowest BCUT2D eigenvalue weighted by molar-refractivity contribution is -0.147. The first-order valence-electron chi connectivity index (χ1n) is 7.38. The maximum absolute atomic E-state index is 12.7. The maximum Gasteiger partial charge on any atom is 0.329 e. The van der Waals surface area contributed by atoms with Gasteiger partial charge >= 0.3 is 5.97 Å². The second-order valence-electron chi connectivity index (χ2n) is 5.90. The van der Waals surface area contributed by atoms with Crippen LogP contribution in [-0.2, 0) is 16.0 Å². The number of carbonyl (C=O) groups is 2. The van der Waals surface area contributed by atoms with E-state index in [1.165, 1.54) is 13.0 Å². The molecule has 0 saturated heterocycles. The number of nitrogens with two attached hydrogens (primary N) is 1. The summed E-state index contributed by atoms with van der Waals surface area (Å²) in [5, 5.41) is 11.9. The van der Waals surface area contributed by atoms with Crippen molar-refractivity contribution in [3.63, 3.8) is 0 Å². The molecular formula is C18H24N2O3. The Labute approximate surface area is 136 Å². The van der Waals surface area contributed by atoms with Gasteiger partial charge in [-0.15, -0.1) is 13.2 Å². The molecule has 124 valence electrons. The summed E-state index contributed by atoms with van der Waals surface area (Å²) in [6, 6.07) is 9.35. The van der Waals surface area contributed by atoms with Gasteiger partial charge in [-0.2, -0.15) is 0 Å². The van der Waals surface area contributed by atoms with Gasteiger partial charge in [-0.05, 0) is 31.7 Å². The lowest BCUT2D eigenvalue weighted by Crippen LogP contribution is -2.62. The highest BCUT2D eigenvalue weighted by Crippen LogP contribution is 2.19. The van der Waals surface area contributed by atoms with E-state index in [1.54, 1.807) is 6.08 Å². The van der Waals surface area contributed by atoms with Crippen LogP contribution in [0, 0.1) is 0 Å². The average molecular weight is 316 g/mol. The zero-order chi connectivity index (χ0) is 17.5. The summed E-state index contributed by atoms with van der Waals surface area (Å²) in [5.74, 6) is -1.65. The van der Waals surface area contributed by atoms with Crippen LogP contribution in [0.15, 0.2) is 55.6 Å². The van der Waals surface area contributed by atoms with Gasteiger partial charge in [0.15, 0.2) is 0 Å². The number of nitrogens with one attached hydrogen (secondary N) is 1. The van der Waals surface area contributed by atoms with E-state index in [4.69, 9.17) is 5.73 Å². The quantitative estimate of drug-likeness (QED) is 0.608. The molecule has 0 radical (unpaired) electrons. The highest BCUT2D eigenvalue weighted by Gasteiger charge is 2.40. The molecule has 1 aromatic rings.